The van der Waals surface area contributed by atoms with E-state index in [4.69, 9.17) is 15.2 Å². The zero-order valence-electron chi connectivity index (χ0n) is 10.7. The molecule has 2 N–H and O–H groups in total. The van der Waals surface area contributed by atoms with Crippen molar-refractivity contribution in [2.75, 3.05) is 18.9 Å². The number of benzene rings is 1. The molecule has 19 heavy (non-hydrogen) atoms. The van der Waals surface area contributed by atoms with E-state index in [9.17, 15) is 0 Å². The number of hydrogen-bond donors (Lipinski definition) is 1. The largest absolute Gasteiger partial charge is 0.474 e. The monoisotopic (exact) mass is 259 g/mol. The van der Waals surface area contributed by atoms with Gasteiger partial charge >= 0.3 is 0 Å². The summed E-state index contributed by atoms with van der Waals surface area (Å²) in [5.41, 5.74) is 7.23. The SMILES string of the molecule is Nc1ccc2c(OCC3CCCCO3)ncnc2c1. The van der Waals surface area contributed by atoms with E-state index in [1.807, 2.05) is 18.2 Å². The molecule has 0 saturated carbocycles. The quantitative estimate of drug-likeness (QED) is 0.855. The van der Waals surface area contributed by atoms with Crippen LogP contribution in [-0.2, 0) is 4.74 Å². The van der Waals surface area contributed by atoms with E-state index in [1.54, 1.807) is 0 Å². The Hall–Kier alpha value is -1.88. The molecule has 1 aromatic heterocycles. The van der Waals surface area contributed by atoms with Crippen LogP contribution in [0.4, 0.5) is 5.69 Å². The molecule has 1 aliphatic heterocycles. The van der Waals surface area contributed by atoms with Gasteiger partial charge in [0.1, 0.15) is 12.9 Å². The summed E-state index contributed by atoms with van der Waals surface area (Å²) in [7, 11) is 0. The first kappa shape index (κ1) is 12.2. The molecule has 1 unspecified atom stereocenters. The highest BCUT2D eigenvalue weighted by molar-refractivity contribution is 5.85. The Bertz CT molecular complexity index is 568. The van der Waals surface area contributed by atoms with Crippen molar-refractivity contribution in [2.45, 2.75) is 25.4 Å². The molecule has 0 aliphatic carbocycles. The average Bonchev–Trinajstić information content (AvgIpc) is 2.45. The van der Waals surface area contributed by atoms with Crippen molar-refractivity contribution in [3.63, 3.8) is 0 Å². The predicted octanol–water partition coefficient (Wildman–Crippen LogP) is 2.16. The molecule has 2 heterocycles. The minimum atomic E-state index is 0.174. The minimum Gasteiger partial charge on any atom is -0.474 e. The van der Waals surface area contributed by atoms with Gasteiger partial charge < -0.3 is 15.2 Å². The Balaban J connectivity index is 1.76. The molecule has 1 saturated heterocycles. The van der Waals surface area contributed by atoms with Crippen molar-refractivity contribution in [1.82, 2.24) is 9.97 Å². The Morgan fingerprint density at radius 1 is 1.32 bits per heavy atom. The topological polar surface area (TPSA) is 70.3 Å². The van der Waals surface area contributed by atoms with Gasteiger partial charge in [-0.1, -0.05) is 0 Å². The van der Waals surface area contributed by atoms with Gasteiger partial charge in [0.05, 0.1) is 17.0 Å². The van der Waals surface area contributed by atoms with Crippen LogP contribution < -0.4 is 10.5 Å². The van der Waals surface area contributed by atoms with Crippen molar-refractivity contribution in [2.24, 2.45) is 0 Å². The molecular weight excluding hydrogens is 242 g/mol. The lowest BCUT2D eigenvalue weighted by atomic mass is 10.1. The first-order valence-corrected chi connectivity index (χ1v) is 6.57. The van der Waals surface area contributed by atoms with Crippen molar-refractivity contribution >= 4 is 16.6 Å². The summed E-state index contributed by atoms with van der Waals surface area (Å²) in [6.45, 7) is 1.37. The summed E-state index contributed by atoms with van der Waals surface area (Å²) in [6, 6.07) is 5.54. The van der Waals surface area contributed by atoms with Gasteiger partial charge in [-0.05, 0) is 37.5 Å². The number of hydrogen-bond acceptors (Lipinski definition) is 5. The fourth-order valence-electron chi connectivity index (χ4n) is 2.28. The van der Waals surface area contributed by atoms with Gasteiger partial charge in [0.25, 0.3) is 0 Å². The van der Waals surface area contributed by atoms with Gasteiger partial charge in [0.2, 0.25) is 5.88 Å². The minimum absolute atomic E-state index is 0.174. The number of nitrogen functional groups attached to an aromatic ring is 1. The normalized spacial score (nSPS) is 19.5. The van der Waals surface area contributed by atoms with E-state index in [1.165, 1.54) is 12.7 Å². The number of fused-ring (bicyclic) bond motifs is 1. The third kappa shape index (κ3) is 2.76. The average molecular weight is 259 g/mol. The number of rotatable bonds is 3. The van der Waals surface area contributed by atoms with Crippen molar-refractivity contribution in [3.8, 4) is 5.88 Å². The molecule has 2 aromatic rings. The van der Waals surface area contributed by atoms with E-state index < -0.39 is 0 Å². The smallest absolute Gasteiger partial charge is 0.224 e. The maximum atomic E-state index is 5.78. The van der Waals surface area contributed by atoms with Crippen LogP contribution in [0.3, 0.4) is 0 Å². The molecule has 1 fully saturated rings. The maximum Gasteiger partial charge on any atom is 0.224 e. The van der Waals surface area contributed by atoms with Gasteiger partial charge in [-0.2, -0.15) is 0 Å². The Kier molecular flexibility index (Phi) is 3.46. The molecule has 0 radical (unpaired) electrons. The van der Waals surface area contributed by atoms with Crippen LogP contribution >= 0.6 is 0 Å². The standard InChI is InChI=1S/C14H17N3O2/c15-10-4-5-12-13(7-10)16-9-17-14(12)19-8-11-3-1-2-6-18-11/h4-5,7,9,11H,1-3,6,8,15H2. The Labute approximate surface area is 111 Å². The molecule has 5 nitrogen and oxygen atoms in total. The number of nitrogens with two attached hydrogens (primary N) is 1. The molecule has 1 atom stereocenters. The number of aromatic nitrogens is 2. The zero-order chi connectivity index (χ0) is 13.1. The van der Waals surface area contributed by atoms with Crippen LogP contribution in [0.25, 0.3) is 10.9 Å². The molecule has 1 aromatic carbocycles. The van der Waals surface area contributed by atoms with E-state index in [0.29, 0.717) is 18.2 Å². The summed E-state index contributed by atoms with van der Waals surface area (Å²) in [5.74, 6) is 0.596. The van der Waals surface area contributed by atoms with Crippen molar-refractivity contribution in [1.29, 1.82) is 0 Å². The highest BCUT2D eigenvalue weighted by atomic mass is 16.5. The van der Waals surface area contributed by atoms with Crippen LogP contribution in [0, 0.1) is 0 Å². The van der Waals surface area contributed by atoms with Gasteiger partial charge in [-0.3, -0.25) is 0 Å². The predicted molar refractivity (Wildman–Crippen MR) is 73.0 cm³/mol. The summed E-state index contributed by atoms with van der Waals surface area (Å²) < 4.78 is 11.4. The van der Waals surface area contributed by atoms with E-state index in [-0.39, 0.29) is 6.10 Å². The summed E-state index contributed by atoms with van der Waals surface area (Å²) >= 11 is 0. The highest BCUT2D eigenvalue weighted by Crippen LogP contribution is 2.24. The van der Waals surface area contributed by atoms with Crippen LogP contribution in [0.5, 0.6) is 5.88 Å². The summed E-state index contributed by atoms with van der Waals surface area (Å²) in [5, 5.41) is 0.882. The summed E-state index contributed by atoms with van der Waals surface area (Å²) in [6.07, 6.45) is 5.07. The molecule has 0 spiro atoms. The molecule has 100 valence electrons. The molecular formula is C14H17N3O2. The Morgan fingerprint density at radius 2 is 2.26 bits per heavy atom. The van der Waals surface area contributed by atoms with Gasteiger partial charge in [-0.15, -0.1) is 0 Å². The lowest BCUT2D eigenvalue weighted by molar-refractivity contribution is -0.0116. The summed E-state index contributed by atoms with van der Waals surface area (Å²) in [4.78, 5) is 8.39. The Morgan fingerprint density at radius 3 is 3.11 bits per heavy atom. The van der Waals surface area contributed by atoms with Crippen LogP contribution in [-0.4, -0.2) is 29.3 Å². The molecule has 0 bridgehead atoms. The van der Waals surface area contributed by atoms with Crippen molar-refractivity contribution in [3.05, 3.63) is 24.5 Å². The molecule has 1 aliphatic rings. The first-order chi connectivity index (χ1) is 9.33. The van der Waals surface area contributed by atoms with E-state index in [2.05, 4.69) is 9.97 Å². The van der Waals surface area contributed by atoms with Gasteiger partial charge in [0.15, 0.2) is 0 Å². The van der Waals surface area contributed by atoms with Crippen LogP contribution in [0.2, 0.25) is 0 Å². The molecule has 0 amide bonds. The van der Waals surface area contributed by atoms with Crippen LogP contribution in [0.1, 0.15) is 19.3 Å². The van der Waals surface area contributed by atoms with Crippen molar-refractivity contribution < 1.29 is 9.47 Å². The second-order valence-electron chi connectivity index (χ2n) is 4.75. The molecule has 5 heteroatoms. The molecule has 3 rings (SSSR count). The van der Waals surface area contributed by atoms with E-state index in [0.717, 1.165) is 30.4 Å². The lowest BCUT2D eigenvalue weighted by Crippen LogP contribution is -2.26. The van der Waals surface area contributed by atoms with Gasteiger partial charge in [0, 0.05) is 12.3 Å². The van der Waals surface area contributed by atoms with Crippen LogP contribution in [0.15, 0.2) is 24.5 Å². The van der Waals surface area contributed by atoms with Gasteiger partial charge in [-0.25, -0.2) is 9.97 Å². The second kappa shape index (κ2) is 5.40. The van der Waals surface area contributed by atoms with E-state index >= 15 is 0 Å². The first-order valence-electron chi connectivity index (χ1n) is 6.57. The maximum absolute atomic E-state index is 5.78. The number of nitrogens with zero attached hydrogens (tertiary/aromatic N) is 2. The fraction of sp³-hybridized carbons (Fsp3) is 0.429. The number of ether oxygens (including phenoxy) is 2. The third-order valence-electron chi connectivity index (χ3n) is 3.30. The third-order valence-corrected chi connectivity index (χ3v) is 3.30. The second-order valence-corrected chi connectivity index (χ2v) is 4.75. The number of anilines is 1. The fourth-order valence-corrected chi connectivity index (χ4v) is 2.28. The highest BCUT2D eigenvalue weighted by Gasteiger charge is 2.15. The zero-order valence-corrected chi connectivity index (χ0v) is 10.7. The lowest BCUT2D eigenvalue weighted by Gasteiger charge is -2.22.